The molecule has 1 saturated heterocycles. The van der Waals surface area contributed by atoms with Gasteiger partial charge in [0.05, 0.1) is 0 Å². The lowest BCUT2D eigenvalue weighted by atomic mass is 10.2. The number of carboxylic acids is 1. The van der Waals surface area contributed by atoms with Crippen molar-refractivity contribution in [2.24, 2.45) is 0 Å². The quantitative estimate of drug-likeness (QED) is 0.584. The van der Waals surface area contributed by atoms with Gasteiger partial charge in [-0.2, -0.15) is 0 Å². The smallest absolute Gasteiger partial charge is 0.326 e. The second kappa shape index (κ2) is 6.95. The van der Waals surface area contributed by atoms with E-state index < -0.39 is 12.0 Å². The summed E-state index contributed by atoms with van der Waals surface area (Å²) in [7, 11) is 1.57. The monoisotopic (exact) mass is 258 g/mol. The van der Waals surface area contributed by atoms with E-state index in [1.165, 1.54) is 0 Å². The molecule has 2 amide bonds. The first-order chi connectivity index (χ1) is 8.56. The molecule has 7 heteroatoms. The third-order valence-electron chi connectivity index (χ3n) is 2.77. The van der Waals surface area contributed by atoms with Crippen LogP contribution < -0.4 is 5.32 Å². The Morgan fingerprint density at radius 1 is 1.56 bits per heavy atom. The lowest BCUT2D eigenvalue weighted by Gasteiger charge is -2.20. The minimum atomic E-state index is -1.06. The molecule has 0 saturated carbocycles. The van der Waals surface area contributed by atoms with E-state index in [2.05, 4.69) is 5.32 Å². The van der Waals surface area contributed by atoms with Gasteiger partial charge in [0, 0.05) is 26.7 Å². The highest BCUT2D eigenvalue weighted by Crippen LogP contribution is 2.18. The predicted molar refractivity (Wildman–Crippen MR) is 61.9 cm³/mol. The molecule has 2 N–H and O–H groups in total. The lowest BCUT2D eigenvalue weighted by Crippen LogP contribution is -2.45. The lowest BCUT2D eigenvalue weighted by molar-refractivity contribution is -0.147. The van der Waals surface area contributed by atoms with Gasteiger partial charge in [-0.25, -0.2) is 4.79 Å². The van der Waals surface area contributed by atoms with Gasteiger partial charge < -0.3 is 20.1 Å². The number of carbonyl (C=O) groups excluding carboxylic acids is 2. The molecule has 102 valence electrons. The number of likely N-dealkylation sites (tertiary alicyclic amines) is 1. The van der Waals surface area contributed by atoms with Crippen LogP contribution in [0.15, 0.2) is 0 Å². The summed E-state index contributed by atoms with van der Waals surface area (Å²) >= 11 is 0. The summed E-state index contributed by atoms with van der Waals surface area (Å²) in [6, 6.07) is -0.873. The summed E-state index contributed by atoms with van der Waals surface area (Å²) in [6.45, 7) is 0.801. The molecule has 0 radical (unpaired) electrons. The minimum Gasteiger partial charge on any atom is -0.480 e. The van der Waals surface area contributed by atoms with Crippen LogP contribution in [0.3, 0.4) is 0 Å². The van der Waals surface area contributed by atoms with Crippen molar-refractivity contribution in [2.75, 3.05) is 26.8 Å². The van der Waals surface area contributed by atoms with E-state index in [0.717, 1.165) is 4.90 Å². The van der Waals surface area contributed by atoms with Gasteiger partial charge >= 0.3 is 5.97 Å². The van der Waals surface area contributed by atoms with E-state index >= 15 is 0 Å². The van der Waals surface area contributed by atoms with E-state index in [0.29, 0.717) is 19.6 Å². The third kappa shape index (κ3) is 3.99. The molecule has 1 heterocycles. The van der Waals surface area contributed by atoms with E-state index in [1.54, 1.807) is 7.11 Å². The zero-order chi connectivity index (χ0) is 13.5. The average molecular weight is 258 g/mol. The van der Waals surface area contributed by atoms with Gasteiger partial charge in [-0.3, -0.25) is 9.59 Å². The first kappa shape index (κ1) is 14.4. The van der Waals surface area contributed by atoms with Crippen LogP contribution in [-0.2, 0) is 19.1 Å². The molecular formula is C11H18N2O5. The standard InChI is InChI=1S/C11H18N2O5/c1-18-6-2-5-12-9(14)7-13-8(11(16)17)3-4-10(13)15/h8H,2-7H2,1H3,(H,12,14)(H,16,17). The van der Waals surface area contributed by atoms with Gasteiger partial charge in [-0.1, -0.05) is 0 Å². The van der Waals surface area contributed by atoms with E-state index in [4.69, 9.17) is 9.84 Å². The fourth-order valence-corrected chi connectivity index (χ4v) is 1.84. The Bertz CT molecular complexity index is 331. The summed E-state index contributed by atoms with van der Waals surface area (Å²) in [4.78, 5) is 35.0. The Labute approximate surface area is 105 Å². The van der Waals surface area contributed by atoms with Crippen LogP contribution in [0.4, 0.5) is 0 Å². The summed E-state index contributed by atoms with van der Waals surface area (Å²) in [5.41, 5.74) is 0. The van der Waals surface area contributed by atoms with Crippen molar-refractivity contribution in [3.8, 4) is 0 Å². The molecule has 0 aromatic heterocycles. The van der Waals surface area contributed by atoms with Crippen molar-refractivity contribution in [1.29, 1.82) is 0 Å². The number of methoxy groups -OCH3 is 1. The van der Waals surface area contributed by atoms with Crippen molar-refractivity contribution in [3.63, 3.8) is 0 Å². The van der Waals surface area contributed by atoms with Crippen molar-refractivity contribution in [3.05, 3.63) is 0 Å². The molecule has 18 heavy (non-hydrogen) atoms. The highest BCUT2D eigenvalue weighted by molar-refractivity contribution is 5.91. The fraction of sp³-hybridized carbons (Fsp3) is 0.727. The maximum absolute atomic E-state index is 11.5. The molecule has 1 rings (SSSR count). The number of ether oxygens (including phenoxy) is 1. The highest BCUT2D eigenvalue weighted by Gasteiger charge is 2.36. The molecule has 1 fully saturated rings. The van der Waals surface area contributed by atoms with Gasteiger partial charge in [0.15, 0.2) is 0 Å². The van der Waals surface area contributed by atoms with Crippen molar-refractivity contribution >= 4 is 17.8 Å². The normalized spacial score (nSPS) is 19.1. The Balaban J connectivity index is 2.37. The van der Waals surface area contributed by atoms with Gasteiger partial charge in [0.25, 0.3) is 0 Å². The molecule has 0 aromatic carbocycles. The van der Waals surface area contributed by atoms with Crippen molar-refractivity contribution in [1.82, 2.24) is 10.2 Å². The SMILES string of the molecule is COCCCNC(=O)CN1C(=O)CCC1C(=O)O. The Hall–Kier alpha value is -1.63. The molecule has 0 aromatic rings. The summed E-state index contributed by atoms with van der Waals surface area (Å²) in [6.07, 6.45) is 1.14. The highest BCUT2D eigenvalue weighted by atomic mass is 16.5. The minimum absolute atomic E-state index is 0.188. The van der Waals surface area contributed by atoms with Gasteiger partial charge in [-0.05, 0) is 12.8 Å². The fourth-order valence-electron chi connectivity index (χ4n) is 1.84. The first-order valence-electron chi connectivity index (χ1n) is 5.84. The first-order valence-corrected chi connectivity index (χ1v) is 5.84. The van der Waals surface area contributed by atoms with Gasteiger partial charge in [0.2, 0.25) is 11.8 Å². The molecule has 1 aliphatic heterocycles. The molecule has 1 atom stereocenters. The van der Waals surface area contributed by atoms with Crippen molar-refractivity contribution in [2.45, 2.75) is 25.3 Å². The van der Waals surface area contributed by atoms with Gasteiger partial charge in [-0.15, -0.1) is 0 Å². The number of aliphatic carboxylic acids is 1. The predicted octanol–water partition coefficient (Wildman–Crippen LogP) is -0.785. The second-order valence-corrected chi connectivity index (χ2v) is 4.11. The van der Waals surface area contributed by atoms with Crippen LogP contribution in [0.2, 0.25) is 0 Å². The summed E-state index contributed by atoms with van der Waals surface area (Å²) in [5.74, 6) is -1.69. The second-order valence-electron chi connectivity index (χ2n) is 4.11. The summed E-state index contributed by atoms with van der Waals surface area (Å²) in [5, 5.41) is 11.5. The maximum atomic E-state index is 11.5. The van der Waals surface area contributed by atoms with E-state index in [1.807, 2.05) is 0 Å². The largest absolute Gasteiger partial charge is 0.480 e. The summed E-state index contributed by atoms with van der Waals surface area (Å²) < 4.78 is 4.83. The maximum Gasteiger partial charge on any atom is 0.326 e. The Kier molecular flexibility index (Phi) is 5.57. The number of rotatable bonds is 7. The number of hydrogen-bond acceptors (Lipinski definition) is 4. The van der Waals surface area contributed by atoms with Crippen LogP contribution in [0, 0.1) is 0 Å². The zero-order valence-electron chi connectivity index (χ0n) is 10.3. The third-order valence-corrected chi connectivity index (χ3v) is 2.77. The number of carboxylic acid groups (broad SMARTS) is 1. The number of hydrogen-bond donors (Lipinski definition) is 2. The van der Waals surface area contributed by atoms with Crippen LogP contribution in [0.1, 0.15) is 19.3 Å². The van der Waals surface area contributed by atoms with Gasteiger partial charge in [0.1, 0.15) is 12.6 Å². The molecule has 0 spiro atoms. The van der Waals surface area contributed by atoms with Crippen LogP contribution in [-0.4, -0.2) is 60.6 Å². The zero-order valence-corrected chi connectivity index (χ0v) is 10.3. The van der Waals surface area contributed by atoms with Crippen LogP contribution in [0.5, 0.6) is 0 Å². The number of carbonyl (C=O) groups is 3. The topological polar surface area (TPSA) is 95.9 Å². The average Bonchev–Trinajstić information content (AvgIpc) is 2.67. The molecule has 0 bridgehead atoms. The number of amides is 2. The Morgan fingerprint density at radius 3 is 2.89 bits per heavy atom. The molecule has 1 unspecified atom stereocenters. The molecule has 7 nitrogen and oxygen atoms in total. The number of nitrogens with one attached hydrogen (secondary N) is 1. The molecular weight excluding hydrogens is 240 g/mol. The van der Waals surface area contributed by atoms with Crippen LogP contribution >= 0.6 is 0 Å². The van der Waals surface area contributed by atoms with Crippen molar-refractivity contribution < 1.29 is 24.2 Å². The van der Waals surface area contributed by atoms with Crippen LogP contribution in [0.25, 0.3) is 0 Å². The number of nitrogens with zero attached hydrogens (tertiary/aromatic N) is 1. The molecule has 1 aliphatic rings. The van der Waals surface area contributed by atoms with E-state index in [-0.39, 0.29) is 31.2 Å². The molecule has 0 aliphatic carbocycles. The Morgan fingerprint density at radius 2 is 2.28 bits per heavy atom. The van der Waals surface area contributed by atoms with E-state index in [9.17, 15) is 14.4 Å².